The lowest BCUT2D eigenvalue weighted by atomic mass is 10.2. The van der Waals surface area contributed by atoms with Gasteiger partial charge in [-0.1, -0.05) is 35.9 Å². The Hall–Kier alpha value is -1.39. The van der Waals surface area contributed by atoms with Crippen molar-refractivity contribution in [1.29, 1.82) is 0 Å². The number of halogens is 1. The number of hydrazone groups is 1. The summed E-state index contributed by atoms with van der Waals surface area (Å²) in [6.07, 6.45) is 5.13. The molecule has 0 saturated carbocycles. The summed E-state index contributed by atoms with van der Waals surface area (Å²) in [7, 11) is 0. The fraction of sp³-hybridized carbons (Fsp3) is 0. The standard InChI is InChI=1S/C10H10ClN3S/c11-9-6-2-1-4-8(9)5-3-7-13-14-10(12)15/h1-7H,(H3,12,14,15)/b5-3+,13-7?. The average molecular weight is 240 g/mol. The van der Waals surface area contributed by atoms with Crippen molar-refractivity contribution in [3.63, 3.8) is 0 Å². The summed E-state index contributed by atoms with van der Waals surface area (Å²) >= 11 is 10.5. The van der Waals surface area contributed by atoms with Crippen LogP contribution in [-0.4, -0.2) is 11.3 Å². The molecular weight excluding hydrogens is 230 g/mol. The lowest BCUT2D eigenvalue weighted by Gasteiger charge is -1.94. The van der Waals surface area contributed by atoms with Gasteiger partial charge in [0, 0.05) is 11.2 Å². The van der Waals surface area contributed by atoms with E-state index in [1.165, 1.54) is 0 Å². The van der Waals surface area contributed by atoms with Crippen LogP contribution in [-0.2, 0) is 0 Å². The van der Waals surface area contributed by atoms with Crippen molar-refractivity contribution in [1.82, 2.24) is 5.43 Å². The van der Waals surface area contributed by atoms with Crippen LogP contribution >= 0.6 is 23.8 Å². The summed E-state index contributed by atoms with van der Waals surface area (Å²) in [6, 6.07) is 7.53. The Balaban J connectivity index is 2.55. The summed E-state index contributed by atoms with van der Waals surface area (Å²) in [4.78, 5) is 0. The zero-order chi connectivity index (χ0) is 11.1. The second-order valence-electron chi connectivity index (χ2n) is 2.63. The highest BCUT2D eigenvalue weighted by molar-refractivity contribution is 7.80. The second kappa shape index (κ2) is 6.16. The Morgan fingerprint density at radius 3 is 2.87 bits per heavy atom. The number of rotatable bonds is 3. The highest BCUT2D eigenvalue weighted by Crippen LogP contribution is 2.15. The normalized spacial score (nSPS) is 11.0. The lowest BCUT2D eigenvalue weighted by molar-refractivity contribution is 1.04. The van der Waals surface area contributed by atoms with Crippen LogP contribution < -0.4 is 11.2 Å². The molecular formula is C10H10ClN3S. The van der Waals surface area contributed by atoms with Gasteiger partial charge in [-0.05, 0) is 29.9 Å². The molecule has 0 aliphatic carbocycles. The summed E-state index contributed by atoms with van der Waals surface area (Å²) < 4.78 is 0. The van der Waals surface area contributed by atoms with E-state index in [1.807, 2.05) is 30.3 Å². The zero-order valence-electron chi connectivity index (χ0n) is 7.85. The molecule has 0 unspecified atom stereocenters. The summed E-state index contributed by atoms with van der Waals surface area (Å²) in [6.45, 7) is 0. The summed E-state index contributed by atoms with van der Waals surface area (Å²) in [5, 5.41) is 4.58. The number of allylic oxidation sites excluding steroid dienone is 1. The first-order valence-corrected chi connectivity index (χ1v) is 4.98. The quantitative estimate of drug-likeness (QED) is 0.483. The molecule has 0 aliphatic rings. The number of thiocarbonyl (C=S) groups is 1. The van der Waals surface area contributed by atoms with Crippen molar-refractivity contribution in [2.24, 2.45) is 10.8 Å². The maximum atomic E-state index is 5.94. The van der Waals surface area contributed by atoms with Crippen LogP contribution in [0.4, 0.5) is 0 Å². The minimum Gasteiger partial charge on any atom is -0.375 e. The van der Waals surface area contributed by atoms with Crippen LogP contribution in [0.5, 0.6) is 0 Å². The van der Waals surface area contributed by atoms with E-state index in [9.17, 15) is 0 Å². The first-order valence-electron chi connectivity index (χ1n) is 4.20. The number of nitrogens with zero attached hydrogens (tertiary/aromatic N) is 1. The second-order valence-corrected chi connectivity index (χ2v) is 3.48. The molecule has 0 radical (unpaired) electrons. The van der Waals surface area contributed by atoms with E-state index in [0.717, 1.165) is 5.56 Å². The van der Waals surface area contributed by atoms with E-state index in [1.54, 1.807) is 12.3 Å². The Kier molecular flexibility index (Phi) is 4.80. The third-order valence-corrected chi connectivity index (χ3v) is 1.95. The maximum absolute atomic E-state index is 5.94. The summed E-state index contributed by atoms with van der Waals surface area (Å²) in [5.74, 6) is 0. The van der Waals surface area contributed by atoms with Gasteiger partial charge in [-0.3, -0.25) is 5.43 Å². The molecule has 0 fully saturated rings. The third kappa shape index (κ3) is 4.58. The van der Waals surface area contributed by atoms with Gasteiger partial charge < -0.3 is 5.73 Å². The molecule has 5 heteroatoms. The van der Waals surface area contributed by atoms with Crippen LogP contribution in [0.2, 0.25) is 5.02 Å². The SMILES string of the molecule is NC(=S)NN=C/C=C/c1ccccc1Cl. The fourth-order valence-corrected chi connectivity index (χ4v) is 1.15. The van der Waals surface area contributed by atoms with Gasteiger partial charge in [-0.15, -0.1) is 0 Å². The van der Waals surface area contributed by atoms with Crippen LogP contribution in [0.15, 0.2) is 35.4 Å². The van der Waals surface area contributed by atoms with Crippen molar-refractivity contribution in [2.75, 3.05) is 0 Å². The lowest BCUT2D eigenvalue weighted by Crippen LogP contribution is -2.23. The van der Waals surface area contributed by atoms with Gasteiger partial charge in [0.25, 0.3) is 0 Å². The number of nitrogens with one attached hydrogen (secondary N) is 1. The molecule has 1 aromatic carbocycles. The molecule has 78 valence electrons. The van der Waals surface area contributed by atoms with Crippen LogP contribution in [0.1, 0.15) is 5.56 Å². The van der Waals surface area contributed by atoms with E-state index < -0.39 is 0 Å². The highest BCUT2D eigenvalue weighted by atomic mass is 35.5. The monoisotopic (exact) mass is 239 g/mol. The van der Waals surface area contributed by atoms with Crippen LogP contribution in [0.3, 0.4) is 0 Å². The molecule has 0 saturated heterocycles. The molecule has 3 N–H and O–H groups in total. The fourth-order valence-electron chi connectivity index (χ4n) is 0.901. The highest BCUT2D eigenvalue weighted by Gasteiger charge is 1.91. The van der Waals surface area contributed by atoms with Gasteiger partial charge >= 0.3 is 0 Å². The van der Waals surface area contributed by atoms with E-state index in [2.05, 4.69) is 22.7 Å². The van der Waals surface area contributed by atoms with Crippen molar-refractivity contribution >= 4 is 41.2 Å². The molecule has 3 nitrogen and oxygen atoms in total. The molecule has 0 aliphatic heterocycles. The zero-order valence-corrected chi connectivity index (χ0v) is 9.42. The van der Waals surface area contributed by atoms with Gasteiger partial charge in [-0.2, -0.15) is 5.10 Å². The Bertz CT molecular complexity index is 401. The first kappa shape index (κ1) is 11.7. The largest absolute Gasteiger partial charge is 0.375 e. The van der Waals surface area contributed by atoms with Crippen LogP contribution in [0, 0.1) is 0 Å². The molecule has 0 aromatic heterocycles. The van der Waals surface area contributed by atoms with Crippen molar-refractivity contribution in [3.05, 3.63) is 40.9 Å². The van der Waals surface area contributed by atoms with E-state index in [-0.39, 0.29) is 5.11 Å². The van der Waals surface area contributed by atoms with Crippen LogP contribution in [0.25, 0.3) is 6.08 Å². The molecule has 15 heavy (non-hydrogen) atoms. The van der Waals surface area contributed by atoms with E-state index >= 15 is 0 Å². The number of hydrogen-bond acceptors (Lipinski definition) is 2. The van der Waals surface area contributed by atoms with Crippen molar-refractivity contribution in [2.45, 2.75) is 0 Å². The molecule has 1 aromatic rings. The Morgan fingerprint density at radius 2 is 2.20 bits per heavy atom. The number of nitrogens with two attached hydrogens (primary N) is 1. The average Bonchev–Trinajstić information content (AvgIpc) is 2.20. The molecule has 0 atom stereocenters. The Labute approximate surface area is 98.6 Å². The van der Waals surface area contributed by atoms with Gasteiger partial charge in [0.2, 0.25) is 0 Å². The van der Waals surface area contributed by atoms with E-state index in [4.69, 9.17) is 17.3 Å². The van der Waals surface area contributed by atoms with Crippen molar-refractivity contribution in [3.8, 4) is 0 Å². The smallest absolute Gasteiger partial charge is 0.184 e. The molecule has 0 bridgehead atoms. The maximum Gasteiger partial charge on any atom is 0.184 e. The predicted molar refractivity (Wildman–Crippen MR) is 68.9 cm³/mol. The minimum atomic E-state index is 0.136. The molecule has 0 amide bonds. The van der Waals surface area contributed by atoms with Gasteiger partial charge in [0.1, 0.15) is 0 Å². The number of hydrogen-bond donors (Lipinski definition) is 2. The predicted octanol–water partition coefficient (Wildman–Crippen LogP) is 2.17. The van der Waals surface area contributed by atoms with Gasteiger partial charge in [-0.25, -0.2) is 0 Å². The molecule has 0 heterocycles. The Morgan fingerprint density at radius 1 is 1.47 bits per heavy atom. The topological polar surface area (TPSA) is 50.4 Å². The third-order valence-electron chi connectivity index (χ3n) is 1.52. The number of benzene rings is 1. The molecule has 1 rings (SSSR count). The van der Waals surface area contributed by atoms with Gasteiger partial charge in [0.05, 0.1) is 0 Å². The molecule has 0 spiro atoms. The van der Waals surface area contributed by atoms with Crippen molar-refractivity contribution < 1.29 is 0 Å². The van der Waals surface area contributed by atoms with Gasteiger partial charge in [0.15, 0.2) is 5.11 Å². The first-order chi connectivity index (χ1) is 7.20. The van der Waals surface area contributed by atoms with E-state index in [0.29, 0.717) is 5.02 Å². The minimum absolute atomic E-state index is 0.136. The summed E-state index contributed by atoms with van der Waals surface area (Å²) in [5.41, 5.74) is 8.54.